The van der Waals surface area contributed by atoms with Crippen molar-refractivity contribution in [3.63, 3.8) is 0 Å². The summed E-state index contributed by atoms with van der Waals surface area (Å²) in [6.07, 6.45) is 0.125. The van der Waals surface area contributed by atoms with E-state index in [1.54, 1.807) is 7.11 Å². The fourth-order valence-corrected chi connectivity index (χ4v) is 2.25. The first kappa shape index (κ1) is 16.2. The van der Waals surface area contributed by atoms with Crippen LogP contribution in [0.2, 0.25) is 5.02 Å². The Morgan fingerprint density at radius 3 is 2.50 bits per heavy atom. The molecular formula is C17H18ClNO3. The SMILES string of the molecule is COc1ccccc1CNC(=O)OCCc1ccccc1Cl. The topological polar surface area (TPSA) is 47.6 Å². The standard InChI is InChI=1S/C17H18ClNO3/c1-21-16-9-5-3-7-14(16)12-19-17(20)22-11-10-13-6-2-4-8-15(13)18/h2-9H,10-12H2,1H3,(H,19,20). The first-order valence-corrected chi connectivity index (χ1v) is 7.34. The summed E-state index contributed by atoms with van der Waals surface area (Å²) in [6, 6.07) is 15.0. The Morgan fingerprint density at radius 2 is 1.77 bits per heavy atom. The molecule has 116 valence electrons. The maximum Gasteiger partial charge on any atom is 0.407 e. The third-order valence-electron chi connectivity index (χ3n) is 3.18. The summed E-state index contributed by atoms with van der Waals surface area (Å²) in [5, 5.41) is 3.38. The highest BCUT2D eigenvalue weighted by atomic mass is 35.5. The van der Waals surface area contributed by atoms with Crippen molar-refractivity contribution >= 4 is 17.7 Å². The third kappa shape index (κ3) is 4.67. The minimum absolute atomic E-state index is 0.279. The zero-order valence-corrected chi connectivity index (χ0v) is 13.1. The molecule has 0 atom stereocenters. The number of halogens is 1. The molecule has 0 spiro atoms. The van der Waals surface area contributed by atoms with Crippen molar-refractivity contribution in [3.05, 3.63) is 64.7 Å². The number of rotatable bonds is 6. The van der Waals surface area contributed by atoms with Crippen LogP contribution in [0.1, 0.15) is 11.1 Å². The lowest BCUT2D eigenvalue weighted by Gasteiger charge is -2.10. The number of ether oxygens (including phenoxy) is 2. The highest BCUT2D eigenvalue weighted by Crippen LogP contribution is 2.17. The maximum atomic E-state index is 11.7. The summed E-state index contributed by atoms with van der Waals surface area (Å²) in [6.45, 7) is 0.635. The summed E-state index contributed by atoms with van der Waals surface area (Å²) < 4.78 is 10.4. The van der Waals surface area contributed by atoms with Crippen molar-refractivity contribution in [3.8, 4) is 5.75 Å². The van der Waals surface area contributed by atoms with Crippen LogP contribution in [0.15, 0.2) is 48.5 Å². The van der Waals surface area contributed by atoms with Crippen molar-refractivity contribution < 1.29 is 14.3 Å². The zero-order valence-electron chi connectivity index (χ0n) is 12.3. The van der Waals surface area contributed by atoms with Crippen molar-refractivity contribution in [2.75, 3.05) is 13.7 Å². The van der Waals surface area contributed by atoms with Gasteiger partial charge in [-0.2, -0.15) is 0 Å². The Morgan fingerprint density at radius 1 is 1.09 bits per heavy atom. The highest BCUT2D eigenvalue weighted by molar-refractivity contribution is 6.31. The number of carbonyl (C=O) groups is 1. The average Bonchev–Trinajstić information content (AvgIpc) is 2.55. The second-order valence-corrected chi connectivity index (χ2v) is 5.05. The molecule has 2 aromatic rings. The van der Waals surface area contributed by atoms with E-state index in [1.807, 2.05) is 48.5 Å². The van der Waals surface area contributed by atoms with Crippen LogP contribution in [0.5, 0.6) is 5.75 Å². The largest absolute Gasteiger partial charge is 0.496 e. The molecule has 0 unspecified atom stereocenters. The average molecular weight is 320 g/mol. The molecule has 2 rings (SSSR count). The lowest BCUT2D eigenvalue weighted by molar-refractivity contribution is 0.147. The molecular weight excluding hydrogens is 302 g/mol. The third-order valence-corrected chi connectivity index (χ3v) is 3.55. The smallest absolute Gasteiger partial charge is 0.407 e. The molecule has 0 saturated carbocycles. The van der Waals surface area contributed by atoms with Crippen molar-refractivity contribution in [2.45, 2.75) is 13.0 Å². The maximum absolute atomic E-state index is 11.7. The van der Waals surface area contributed by atoms with E-state index in [-0.39, 0.29) is 6.61 Å². The van der Waals surface area contributed by atoms with E-state index in [1.165, 1.54) is 0 Å². The molecule has 1 amide bonds. The van der Waals surface area contributed by atoms with E-state index in [0.29, 0.717) is 18.0 Å². The van der Waals surface area contributed by atoms with Gasteiger partial charge in [0.1, 0.15) is 5.75 Å². The number of nitrogens with one attached hydrogen (secondary N) is 1. The number of benzene rings is 2. The quantitative estimate of drug-likeness (QED) is 0.880. The van der Waals surface area contributed by atoms with Gasteiger partial charge in [0.25, 0.3) is 0 Å². The number of hydrogen-bond donors (Lipinski definition) is 1. The Hall–Kier alpha value is -2.20. The number of methoxy groups -OCH3 is 1. The van der Waals surface area contributed by atoms with Crippen LogP contribution in [0.3, 0.4) is 0 Å². The lowest BCUT2D eigenvalue weighted by atomic mass is 10.2. The fraction of sp³-hybridized carbons (Fsp3) is 0.235. The molecule has 0 aromatic heterocycles. The van der Waals surface area contributed by atoms with Crippen molar-refractivity contribution in [2.24, 2.45) is 0 Å². The summed E-state index contributed by atoms with van der Waals surface area (Å²) in [7, 11) is 1.60. The fourth-order valence-electron chi connectivity index (χ4n) is 2.02. The lowest BCUT2D eigenvalue weighted by Crippen LogP contribution is -2.24. The second-order valence-electron chi connectivity index (χ2n) is 4.64. The van der Waals surface area contributed by atoms with Gasteiger partial charge < -0.3 is 14.8 Å². The number of alkyl carbamates (subject to hydrolysis) is 1. The molecule has 5 heteroatoms. The van der Waals surface area contributed by atoms with E-state index in [0.717, 1.165) is 16.9 Å². The van der Waals surface area contributed by atoms with Gasteiger partial charge in [0.2, 0.25) is 0 Å². The normalized spacial score (nSPS) is 10.1. The van der Waals surface area contributed by atoms with E-state index in [9.17, 15) is 4.79 Å². The van der Waals surface area contributed by atoms with Gasteiger partial charge in [-0.25, -0.2) is 4.79 Å². The van der Waals surface area contributed by atoms with E-state index < -0.39 is 6.09 Å². The minimum atomic E-state index is -0.460. The van der Waals surface area contributed by atoms with Crippen LogP contribution < -0.4 is 10.1 Å². The molecule has 4 nitrogen and oxygen atoms in total. The summed E-state index contributed by atoms with van der Waals surface area (Å²) >= 11 is 6.04. The predicted molar refractivity (Wildman–Crippen MR) is 86.3 cm³/mol. The van der Waals surface area contributed by atoms with Gasteiger partial charge in [0.15, 0.2) is 0 Å². The molecule has 0 aliphatic heterocycles. The summed E-state index contributed by atoms with van der Waals surface area (Å²) in [5.41, 5.74) is 1.86. The molecule has 0 heterocycles. The molecule has 0 saturated heterocycles. The van der Waals surface area contributed by atoms with Crippen LogP contribution in [0, 0.1) is 0 Å². The van der Waals surface area contributed by atoms with E-state index in [2.05, 4.69) is 5.32 Å². The van der Waals surface area contributed by atoms with E-state index >= 15 is 0 Å². The first-order chi connectivity index (χ1) is 10.7. The first-order valence-electron chi connectivity index (χ1n) is 6.96. The Labute approximate surface area is 135 Å². The Kier molecular flexibility index (Phi) is 6.10. The van der Waals surface area contributed by atoms with Crippen LogP contribution in [0.25, 0.3) is 0 Å². The molecule has 0 radical (unpaired) electrons. The number of carbonyl (C=O) groups excluding carboxylic acids is 1. The molecule has 0 bridgehead atoms. The highest BCUT2D eigenvalue weighted by Gasteiger charge is 2.06. The minimum Gasteiger partial charge on any atom is -0.496 e. The van der Waals surface area contributed by atoms with Gasteiger partial charge in [0, 0.05) is 23.6 Å². The molecule has 0 aliphatic carbocycles. The molecule has 22 heavy (non-hydrogen) atoms. The van der Waals surface area contributed by atoms with Crippen LogP contribution in [0.4, 0.5) is 4.79 Å². The molecule has 0 aliphatic rings. The van der Waals surface area contributed by atoms with Gasteiger partial charge in [0.05, 0.1) is 13.7 Å². The summed E-state index contributed by atoms with van der Waals surface area (Å²) in [5.74, 6) is 0.735. The zero-order chi connectivity index (χ0) is 15.8. The number of amides is 1. The van der Waals surface area contributed by atoms with Gasteiger partial charge in [-0.15, -0.1) is 0 Å². The Bertz CT molecular complexity index is 631. The van der Waals surface area contributed by atoms with Gasteiger partial charge in [-0.3, -0.25) is 0 Å². The second kappa shape index (κ2) is 8.29. The molecule has 1 N–H and O–H groups in total. The van der Waals surface area contributed by atoms with Gasteiger partial charge in [-0.05, 0) is 17.7 Å². The number of hydrogen-bond acceptors (Lipinski definition) is 3. The van der Waals surface area contributed by atoms with Gasteiger partial charge in [-0.1, -0.05) is 48.0 Å². The molecule has 2 aromatic carbocycles. The molecule has 0 fully saturated rings. The summed E-state index contributed by atoms with van der Waals surface area (Å²) in [4.78, 5) is 11.7. The van der Waals surface area contributed by atoms with Crippen LogP contribution in [-0.4, -0.2) is 19.8 Å². The van der Waals surface area contributed by atoms with Crippen molar-refractivity contribution in [1.82, 2.24) is 5.32 Å². The van der Waals surface area contributed by atoms with Crippen LogP contribution >= 0.6 is 11.6 Å². The van der Waals surface area contributed by atoms with Crippen LogP contribution in [-0.2, 0) is 17.7 Å². The van der Waals surface area contributed by atoms with E-state index in [4.69, 9.17) is 21.1 Å². The predicted octanol–water partition coefficient (Wildman–Crippen LogP) is 3.82. The number of para-hydroxylation sites is 1. The monoisotopic (exact) mass is 319 g/mol. The Balaban J connectivity index is 1.75. The van der Waals surface area contributed by atoms with Gasteiger partial charge >= 0.3 is 6.09 Å². The van der Waals surface area contributed by atoms with Crippen molar-refractivity contribution in [1.29, 1.82) is 0 Å².